The van der Waals surface area contributed by atoms with Gasteiger partial charge in [0.05, 0.1) is 0 Å². The third-order valence-electron chi connectivity index (χ3n) is 5.56. The predicted molar refractivity (Wildman–Crippen MR) is 111 cm³/mol. The Morgan fingerprint density at radius 1 is 0.731 bits per heavy atom. The first kappa shape index (κ1) is 22.6. The van der Waals surface area contributed by atoms with Gasteiger partial charge in [-0.25, -0.2) is 0 Å². The molecule has 2 nitrogen and oxygen atoms in total. The van der Waals surface area contributed by atoms with Crippen molar-refractivity contribution in [1.82, 2.24) is 0 Å². The predicted octanol–water partition coefficient (Wildman–Crippen LogP) is 7.27. The van der Waals surface area contributed by atoms with E-state index >= 15 is 0 Å². The molecule has 0 N–H and O–H groups in total. The Balaban J connectivity index is 2.85. The highest BCUT2D eigenvalue weighted by Crippen LogP contribution is 2.24. The number of hydrogen-bond acceptors (Lipinski definition) is 2. The van der Waals surface area contributed by atoms with Gasteiger partial charge in [-0.3, -0.25) is 9.59 Å². The molecule has 0 aliphatic rings. The average molecular weight is 359 g/mol. The average Bonchev–Trinajstić information content (AvgIpc) is 2.67. The van der Waals surface area contributed by atoms with Crippen LogP contribution in [0.15, 0.2) is 24.3 Å². The van der Waals surface area contributed by atoms with E-state index in [0.29, 0.717) is 35.8 Å². The molecule has 26 heavy (non-hydrogen) atoms. The highest BCUT2D eigenvalue weighted by Gasteiger charge is 2.21. The quantitative estimate of drug-likeness (QED) is 0.328. The fourth-order valence-electron chi connectivity index (χ4n) is 3.60. The topological polar surface area (TPSA) is 34.1 Å². The van der Waals surface area contributed by atoms with Gasteiger partial charge in [-0.1, -0.05) is 103 Å². The lowest BCUT2D eigenvalue weighted by Gasteiger charge is -2.17. The van der Waals surface area contributed by atoms with Gasteiger partial charge in [0, 0.05) is 24.0 Å². The van der Waals surface area contributed by atoms with Gasteiger partial charge in [-0.05, 0) is 11.8 Å². The van der Waals surface area contributed by atoms with E-state index in [1.807, 2.05) is 24.3 Å². The second-order valence-corrected chi connectivity index (χ2v) is 7.63. The number of ketones is 2. The molecule has 0 amide bonds. The molecule has 1 aromatic rings. The van der Waals surface area contributed by atoms with Gasteiger partial charge < -0.3 is 0 Å². The maximum absolute atomic E-state index is 12.9. The highest BCUT2D eigenvalue weighted by atomic mass is 16.1. The minimum Gasteiger partial charge on any atom is -0.294 e. The van der Waals surface area contributed by atoms with Gasteiger partial charge in [0.2, 0.25) is 0 Å². The maximum atomic E-state index is 12.9. The fraction of sp³-hybridized carbons (Fsp3) is 0.667. The van der Waals surface area contributed by atoms with Crippen molar-refractivity contribution in [2.75, 3.05) is 0 Å². The first-order valence-electron chi connectivity index (χ1n) is 10.7. The van der Waals surface area contributed by atoms with Gasteiger partial charge in [-0.15, -0.1) is 0 Å². The van der Waals surface area contributed by atoms with Crippen LogP contribution in [-0.4, -0.2) is 11.6 Å². The summed E-state index contributed by atoms with van der Waals surface area (Å²) in [5.74, 6) is 1.13. The normalized spacial score (nSPS) is 13.4. The molecule has 1 aromatic carbocycles. The number of Topliss-reactive ketones (excluding diaryl/α,β-unsaturated/α-hetero) is 2. The summed E-state index contributed by atoms with van der Waals surface area (Å²) in [6.07, 6.45) is 10.0. The molecule has 0 aliphatic heterocycles. The Bertz CT molecular complexity index is 498. The van der Waals surface area contributed by atoms with Crippen LogP contribution in [0.4, 0.5) is 0 Å². The van der Waals surface area contributed by atoms with Crippen molar-refractivity contribution in [2.24, 2.45) is 11.8 Å². The van der Waals surface area contributed by atoms with Crippen LogP contribution in [0.1, 0.15) is 113 Å². The smallest absolute Gasteiger partial charge is 0.163 e. The third-order valence-corrected chi connectivity index (χ3v) is 5.56. The molecule has 0 aromatic heterocycles. The molecule has 146 valence electrons. The molecule has 2 atom stereocenters. The number of carbonyl (C=O) groups excluding carboxylic acids is 2. The number of hydrogen-bond donors (Lipinski definition) is 0. The summed E-state index contributed by atoms with van der Waals surface area (Å²) >= 11 is 0. The molecule has 0 saturated heterocycles. The van der Waals surface area contributed by atoms with E-state index in [1.165, 1.54) is 12.8 Å². The van der Waals surface area contributed by atoms with E-state index in [1.54, 1.807) is 0 Å². The van der Waals surface area contributed by atoms with Crippen LogP contribution < -0.4 is 0 Å². The number of unbranched alkanes of at least 4 members (excludes halogenated alkanes) is 2. The standard InChI is InChI=1S/C24H38O2/c1-5-9-13-19(7-3)17-23(25)21-15-11-12-16-22(21)24(26)18-20(8-4)14-10-6-2/h11-12,15-16,19-20H,5-10,13-14,17-18H2,1-4H3/t19-,20+. The Kier molecular flexibility index (Phi) is 11.2. The minimum atomic E-state index is 0.138. The van der Waals surface area contributed by atoms with Crippen LogP contribution in [0.5, 0.6) is 0 Å². The summed E-state index contributed by atoms with van der Waals surface area (Å²) in [7, 11) is 0. The highest BCUT2D eigenvalue weighted by molar-refractivity contribution is 6.08. The second-order valence-electron chi connectivity index (χ2n) is 7.63. The SMILES string of the molecule is CCCC[C@@H](CC)CC(=O)c1ccccc1C(=O)C[C@@H](CC)CCCC. The maximum Gasteiger partial charge on any atom is 0.163 e. The summed E-state index contributed by atoms with van der Waals surface area (Å²) in [4.78, 5) is 25.8. The lowest BCUT2D eigenvalue weighted by atomic mass is 9.87. The van der Waals surface area contributed by atoms with E-state index in [4.69, 9.17) is 0 Å². The zero-order valence-electron chi connectivity index (χ0n) is 17.4. The monoisotopic (exact) mass is 358 g/mol. The largest absolute Gasteiger partial charge is 0.294 e. The summed E-state index contributed by atoms with van der Waals surface area (Å²) in [5, 5.41) is 0. The van der Waals surface area contributed by atoms with Crippen molar-refractivity contribution < 1.29 is 9.59 Å². The van der Waals surface area contributed by atoms with Crippen LogP contribution in [0.2, 0.25) is 0 Å². The first-order valence-corrected chi connectivity index (χ1v) is 10.7. The van der Waals surface area contributed by atoms with Gasteiger partial charge in [0.1, 0.15) is 0 Å². The Morgan fingerprint density at radius 2 is 1.12 bits per heavy atom. The van der Waals surface area contributed by atoms with Crippen molar-refractivity contribution in [2.45, 2.75) is 91.9 Å². The zero-order chi connectivity index (χ0) is 19.4. The Hall–Kier alpha value is -1.44. The molecule has 0 bridgehead atoms. The first-order chi connectivity index (χ1) is 12.6. The molecule has 0 heterocycles. The van der Waals surface area contributed by atoms with Crippen LogP contribution in [-0.2, 0) is 0 Å². The summed E-state index contributed by atoms with van der Waals surface area (Å²) < 4.78 is 0. The molecule has 2 heteroatoms. The van der Waals surface area contributed by atoms with E-state index in [-0.39, 0.29) is 11.6 Å². The number of rotatable bonds is 14. The van der Waals surface area contributed by atoms with Crippen molar-refractivity contribution in [3.05, 3.63) is 35.4 Å². The molecule has 0 saturated carbocycles. The second kappa shape index (κ2) is 12.8. The molecular formula is C24H38O2. The van der Waals surface area contributed by atoms with Gasteiger partial charge in [-0.2, -0.15) is 0 Å². The van der Waals surface area contributed by atoms with Crippen LogP contribution in [0, 0.1) is 11.8 Å². The zero-order valence-corrected chi connectivity index (χ0v) is 17.4. The van der Waals surface area contributed by atoms with E-state index in [2.05, 4.69) is 27.7 Å². The van der Waals surface area contributed by atoms with Gasteiger partial charge >= 0.3 is 0 Å². The number of carbonyl (C=O) groups is 2. The lowest BCUT2D eigenvalue weighted by molar-refractivity contribution is 0.0923. The molecule has 0 aliphatic carbocycles. The van der Waals surface area contributed by atoms with Crippen molar-refractivity contribution in [1.29, 1.82) is 0 Å². The molecule has 0 radical (unpaired) electrons. The van der Waals surface area contributed by atoms with Crippen LogP contribution in [0.25, 0.3) is 0 Å². The fourth-order valence-corrected chi connectivity index (χ4v) is 3.60. The van der Waals surface area contributed by atoms with E-state index in [0.717, 1.165) is 38.5 Å². The van der Waals surface area contributed by atoms with Gasteiger partial charge in [0.25, 0.3) is 0 Å². The van der Waals surface area contributed by atoms with Crippen molar-refractivity contribution in [3.63, 3.8) is 0 Å². The molecule has 0 unspecified atom stereocenters. The molecule has 1 rings (SSSR count). The van der Waals surface area contributed by atoms with Gasteiger partial charge in [0.15, 0.2) is 11.6 Å². The molecular weight excluding hydrogens is 320 g/mol. The Morgan fingerprint density at radius 3 is 1.42 bits per heavy atom. The summed E-state index contributed by atoms with van der Waals surface area (Å²) in [6, 6.07) is 7.45. The van der Waals surface area contributed by atoms with E-state index < -0.39 is 0 Å². The third kappa shape index (κ3) is 7.43. The minimum absolute atomic E-state index is 0.138. The molecule has 0 spiro atoms. The molecule has 0 fully saturated rings. The van der Waals surface area contributed by atoms with Crippen LogP contribution >= 0.6 is 0 Å². The number of benzene rings is 1. The van der Waals surface area contributed by atoms with Crippen LogP contribution in [0.3, 0.4) is 0 Å². The summed E-state index contributed by atoms with van der Waals surface area (Å²) in [5.41, 5.74) is 1.27. The Labute approximate surface area is 160 Å². The van der Waals surface area contributed by atoms with E-state index in [9.17, 15) is 9.59 Å². The lowest BCUT2D eigenvalue weighted by Crippen LogP contribution is -2.15. The summed E-state index contributed by atoms with van der Waals surface area (Å²) in [6.45, 7) is 8.69. The van der Waals surface area contributed by atoms with Crippen molar-refractivity contribution >= 4 is 11.6 Å². The van der Waals surface area contributed by atoms with Crippen molar-refractivity contribution in [3.8, 4) is 0 Å².